The van der Waals surface area contributed by atoms with E-state index in [4.69, 9.17) is 4.98 Å². The van der Waals surface area contributed by atoms with Gasteiger partial charge in [-0.15, -0.1) is 21.6 Å². The van der Waals surface area contributed by atoms with E-state index < -0.39 is 0 Å². The minimum atomic E-state index is -0.290. The smallest absolute Gasteiger partial charge is 0.291 e. The summed E-state index contributed by atoms with van der Waals surface area (Å²) >= 11 is 3.82. The number of carbonyl (C=O) groups excluding carboxylic acids is 2. The number of benzene rings is 1. The first-order valence-corrected chi connectivity index (χ1v) is 16.1. The van der Waals surface area contributed by atoms with E-state index >= 15 is 0 Å². The highest BCUT2D eigenvalue weighted by molar-refractivity contribution is 8.27. The van der Waals surface area contributed by atoms with Crippen LogP contribution in [0.25, 0.3) is 15.1 Å². The van der Waals surface area contributed by atoms with E-state index in [0.717, 1.165) is 50.3 Å². The van der Waals surface area contributed by atoms with Gasteiger partial charge in [0.05, 0.1) is 10.4 Å². The number of hydrogen-bond donors (Lipinski definition) is 1. The van der Waals surface area contributed by atoms with Gasteiger partial charge in [0, 0.05) is 34.9 Å². The lowest BCUT2D eigenvalue weighted by Gasteiger charge is -2.45. The van der Waals surface area contributed by atoms with E-state index in [2.05, 4.69) is 66.5 Å². The van der Waals surface area contributed by atoms with Gasteiger partial charge in [-0.2, -0.15) is 0 Å². The van der Waals surface area contributed by atoms with E-state index in [-0.39, 0.29) is 15.9 Å². The second-order valence-corrected chi connectivity index (χ2v) is 14.5. The summed E-state index contributed by atoms with van der Waals surface area (Å²) in [6, 6.07) is 8.42. The molecule has 1 unspecified atom stereocenters. The number of fused-ring (bicyclic) bond motifs is 2. The average molecular weight is 580 g/mol. The molecule has 0 radical (unpaired) electrons. The highest BCUT2D eigenvalue weighted by Gasteiger charge is 2.34. The summed E-state index contributed by atoms with van der Waals surface area (Å²) in [5, 5.41) is 12.0. The lowest BCUT2D eigenvalue weighted by atomic mass is 9.80. The maximum atomic E-state index is 12.6. The Labute approximate surface area is 241 Å². The molecule has 1 aromatic carbocycles. The number of thioether (sulfide) groups is 1. The molecule has 2 aliphatic heterocycles. The molecule has 0 spiro atoms. The van der Waals surface area contributed by atoms with E-state index in [0.29, 0.717) is 22.7 Å². The molecule has 7 nitrogen and oxygen atoms in total. The standard InChI is InChI=1S/C29H33N5O2S3/c1-16-15-29(2,3)34(4)21-11-10-18(13-19(16)21)32-33-27-31-25-23(38-27)14-22(37-25)20(12-17-8-6-5-7-9-17)24-26(35)39-28(36)30-24/h10-11,13-14,16-17H,5-9,12,15H2,1-4H3,(H,30,36)/b24-20+,33-32?. The van der Waals surface area contributed by atoms with Gasteiger partial charge >= 0.3 is 0 Å². The molecule has 4 heterocycles. The van der Waals surface area contributed by atoms with Crippen molar-refractivity contribution in [2.24, 2.45) is 16.1 Å². The van der Waals surface area contributed by atoms with Crippen molar-refractivity contribution in [2.45, 2.75) is 77.2 Å². The molecule has 2 aromatic heterocycles. The molecule has 10 heteroatoms. The summed E-state index contributed by atoms with van der Waals surface area (Å²) < 4.78 is 1.03. The Balaban J connectivity index is 1.25. The topological polar surface area (TPSA) is 87.0 Å². The molecular formula is C29H33N5O2S3. The van der Waals surface area contributed by atoms with Crippen molar-refractivity contribution in [3.63, 3.8) is 0 Å². The molecule has 1 aliphatic carbocycles. The molecule has 1 saturated carbocycles. The fourth-order valence-electron chi connectivity index (χ4n) is 6.16. The van der Waals surface area contributed by atoms with Crippen LogP contribution in [0.5, 0.6) is 0 Å². The van der Waals surface area contributed by atoms with Crippen LogP contribution in [0, 0.1) is 5.92 Å². The van der Waals surface area contributed by atoms with Crippen molar-refractivity contribution in [3.05, 3.63) is 40.4 Å². The number of rotatable bonds is 5. The van der Waals surface area contributed by atoms with E-state index in [9.17, 15) is 9.59 Å². The molecule has 3 aromatic rings. The van der Waals surface area contributed by atoms with Gasteiger partial charge in [-0.1, -0.05) is 50.4 Å². The first-order valence-electron chi connectivity index (χ1n) is 13.6. The van der Waals surface area contributed by atoms with Crippen LogP contribution in [0.15, 0.2) is 40.2 Å². The summed E-state index contributed by atoms with van der Waals surface area (Å²) in [7, 11) is 2.16. The molecule has 0 bridgehead atoms. The number of thiophene rings is 1. The maximum Gasteiger partial charge on any atom is 0.291 e. The number of aromatic nitrogens is 1. The Hall–Kier alpha value is -2.56. The number of amides is 1. The van der Waals surface area contributed by atoms with Crippen molar-refractivity contribution in [2.75, 3.05) is 11.9 Å². The average Bonchev–Trinajstić information content (AvgIpc) is 3.57. The molecule has 1 saturated heterocycles. The van der Waals surface area contributed by atoms with Crippen molar-refractivity contribution in [1.29, 1.82) is 0 Å². The van der Waals surface area contributed by atoms with Crippen LogP contribution in [-0.4, -0.2) is 27.9 Å². The van der Waals surface area contributed by atoms with Crippen LogP contribution in [0.1, 0.15) is 82.1 Å². The highest BCUT2D eigenvalue weighted by Crippen LogP contribution is 2.45. The predicted molar refractivity (Wildman–Crippen MR) is 163 cm³/mol. The number of nitrogens with zero attached hydrogens (tertiary/aromatic N) is 4. The van der Waals surface area contributed by atoms with Gasteiger partial charge in [-0.25, -0.2) is 4.98 Å². The van der Waals surface area contributed by atoms with Gasteiger partial charge in [0.1, 0.15) is 10.5 Å². The largest absolute Gasteiger partial charge is 0.369 e. The third-order valence-corrected chi connectivity index (χ3v) is 11.2. The SMILES string of the molecule is CC1CC(C)(C)N(C)c2ccc(N=Nc3nc4sc(/C(CC5CCCCC5)=C5/NC(=O)SC5=O)cc4s3)cc21. The first-order chi connectivity index (χ1) is 18.7. The summed E-state index contributed by atoms with van der Waals surface area (Å²) in [5.74, 6) is 0.996. The highest BCUT2D eigenvalue weighted by atomic mass is 32.2. The number of thiazole rings is 1. The maximum absolute atomic E-state index is 12.6. The Bertz CT molecular complexity index is 1480. The molecular weight excluding hydrogens is 547 g/mol. The van der Waals surface area contributed by atoms with Crippen LogP contribution < -0.4 is 10.2 Å². The molecule has 6 rings (SSSR count). The van der Waals surface area contributed by atoms with Crippen LogP contribution in [0.3, 0.4) is 0 Å². The minimum absolute atomic E-state index is 0.128. The Morgan fingerprint density at radius 1 is 1.13 bits per heavy atom. The molecule has 3 aliphatic rings. The molecule has 2 fully saturated rings. The number of carbonyl (C=O) groups is 2. The van der Waals surface area contributed by atoms with Gasteiger partial charge in [-0.05, 0) is 73.9 Å². The Morgan fingerprint density at radius 3 is 2.64 bits per heavy atom. The van der Waals surface area contributed by atoms with Gasteiger partial charge in [-0.3, -0.25) is 9.59 Å². The van der Waals surface area contributed by atoms with Crippen LogP contribution in [-0.2, 0) is 4.79 Å². The lowest BCUT2D eigenvalue weighted by molar-refractivity contribution is -0.107. The molecule has 1 atom stereocenters. The zero-order chi connectivity index (χ0) is 27.3. The lowest BCUT2D eigenvalue weighted by Crippen LogP contribution is -2.45. The van der Waals surface area contributed by atoms with Gasteiger partial charge in [0.2, 0.25) is 10.2 Å². The first kappa shape index (κ1) is 26.7. The molecule has 1 N–H and O–H groups in total. The quantitative estimate of drug-likeness (QED) is 0.240. The van der Waals surface area contributed by atoms with E-state index in [1.807, 2.05) is 6.07 Å². The third kappa shape index (κ3) is 5.30. The van der Waals surface area contributed by atoms with Crippen LogP contribution in [0.2, 0.25) is 0 Å². The second kappa shape index (κ2) is 10.4. The van der Waals surface area contributed by atoms with Crippen molar-refractivity contribution < 1.29 is 9.59 Å². The fraction of sp³-hybridized carbons (Fsp3) is 0.483. The number of azo groups is 1. The van der Waals surface area contributed by atoms with Crippen LogP contribution >= 0.6 is 34.4 Å². The number of allylic oxidation sites excluding steroid dienone is 1. The van der Waals surface area contributed by atoms with Crippen molar-refractivity contribution >= 4 is 76.4 Å². The predicted octanol–water partition coefficient (Wildman–Crippen LogP) is 9.16. The van der Waals surface area contributed by atoms with E-state index in [1.165, 1.54) is 54.7 Å². The fourth-order valence-corrected chi connectivity index (χ4v) is 8.85. The van der Waals surface area contributed by atoms with Gasteiger partial charge in [0.25, 0.3) is 5.24 Å². The summed E-state index contributed by atoms with van der Waals surface area (Å²) in [6.07, 6.45) is 7.99. The summed E-state index contributed by atoms with van der Waals surface area (Å²) in [4.78, 5) is 33.6. The second-order valence-electron chi connectivity index (χ2n) is 11.6. The summed E-state index contributed by atoms with van der Waals surface area (Å²) in [5.41, 5.74) is 4.94. The zero-order valence-electron chi connectivity index (χ0n) is 22.7. The Kier molecular flexibility index (Phi) is 7.14. The zero-order valence-corrected chi connectivity index (χ0v) is 25.2. The third-order valence-electron chi connectivity index (χ3n) is 8.38. The number of anilines is 1. The molecule has 204 valence electrons. The van der Waals surface area contributed by atoms with Gasteiger partial charge in [0.15, 0.2) is 0 Å². The molecule has 39 heavy (non-hydrogen) atoms. The van der Waals surface area contributed by atoms with Crippen LogP contribution in [0.4, 0.5) is 21.3 Å². The summed E-state index contributed by atoms with van der Waals surface area (Å²) in [6.45, 7) is 6.85. The monoisotopic (exact) mass is 579 g/mol. The van der Waals surface area contributed by atoms with E-state index in [1.54, 1.807) is 11.3 Å². The molecule has 1 amide bonds. The van der Waals surface area contributed by atoms with Gasteiger partial charge < -0.3 is 10.2 Å². The van der Waals surface area contributed by atoms with Crippen molar-refractivity contribution in [1.82, 2.24) is 10.3 Å². The normalized spacial score (nSPS) is 23.1. The number of nitrogens with one attached hydrogen (secondary N) is 1. The Morgan fingerprint density at radius 2 is 1.92 bits per heavy atom. The van der Waals surface area contributed by atoms with Crippen molar-refractivity contribution in [3.8, 4) is 0 Å². The minimum Gasteiger partial charge on any atom is -0.369 e. The number of hydrogen-bond acceptors (Lipinski definition) is 9.